The molecule has 0 bridgehead atoms. The second kappa shape index (κ2) is 14.4. The molecule has 0 saturated carbocycles. The Morgan fingerprint density at radius 1 is 0.361 bits per heavy atom. The van der Waals surface area contributed by atoms with E-state index in [1.54, 1.807) is 0 Å². The van der Waals surface area contributed by atoms with Gasteiger partial charge in [0.15, 0.2) is 0 Å². The first-order chi connectivity index (χ1) is 29.8. The molecule has 0 aliphatic heterocycles. The second-order valence-electron chi connectivity index (χ2n) is 17.2. The topological polar surface area (TPSA) is 8.17 Å². The highest BCUT2D eigenvalue weighted by molar-refractivity contribution is 6.09. The molecule has 1 aliphatic carbocycles. The van der Waals surface area contributed by atoms with E-state index in [1.165, 1.54) is 94.3 Å². The molecule has 0 N–H and O–H groups in total. The third kappa shape index (κ3) is 6.26. The van der Waals surface area contributed by atoms with Gasteiger partial charge in [0.05, 0.1) is 11.0 Å². The molecule has 0 atom stereocenters. The molecule has 2 nitrogen and oxygen atoms in total. The van der Waals surface area contributed by atoms with E-state index in [9.17, 15) is 0 Å². The van der Waals surface area contributed by atoms with Gasteiger partial charge in [0, 0.05) is 38.9 Å². The van der Waals surface area contributed by atoms with E-state index in [-0.39, 0.29) is 5.41 Å². The van der Waals surface area contributed by atoms with Crippen molar-refractivity contribution in [2.45, 2.75) is 33.1 Å². The van der Waals surface area contributed by atoms with E-state index in [0.717, 1.165) is 17.1 Å². The van der Waals surface area contributed by atoms with Gasteiger partial charge in [0.25, 0.3) is 0 Å². The minimum Gasteiger partial charge on any atom is -0.310 e. The summed E-state index contributed by atoms with van der Waals surface area (Å²) in [5, 5.41) is 2.56. The molecule has 0 fully saturated rings. The lowest BCUT2D eigenvalue weighted by atomic mass is 9.82. The maximum atomic E-state index is 2.43. The lowest BCUT2D eigenvalue weighted by Crippen LogP contribution is -2.17. The van der Waals surface area contributed by atoms with Crippen molar-refractivity contribution in [3.8, 4) is 50.2 Å². The Hall–Kier alpha value is -7.42. The van der Waals surface area contributed by atoms with E-state index in [0.29, 0.717) is 0 Å². The summed E-state index contributed by atoms with van der Waals surface area (Å²) in [4.78, 5) is 2.40. The van der Waals surface area contributed by atoms with Crippen LogP contribution in [0.4, 0.5) is 17.1 Å². The van der Waals surface area contributed by atoms with Crippen molar-refractivity contribution in [2.75, 3.05) is 4.90 Å². The number of benzene rings is 9. The Balaban J connectivity index is 0.985. The summed E-state index contributed by atoms with van der Waals surface area (Å²) in [6.07, 6.45) is 0. The van der Waals surface area contributed by atoms with Crippen LogP contribution in [0.25, 0.3) is 72.0 Å². The molecule has 10 aromatic rings. The van der Waals surface area contributed by atoms with Gasteiger partial charge in [-0.05, 0) is 148 Å². The number of rotatable bonds is 7. The molecule has 0 amide bonds. The minimum atomic E-state index is -0.209. The molecule has 11 rings (SSSR count). The van der Waals surface area contributed by atoms with Gasteiger partial charge in [0.1, 0.15) is 0 Å². The molecule has 0 saturated heterocycles. The number of aryl methyl sites for hydroxylation is 2. The van der Waals surface area contributed by atoms with E-state index >= 15 is 0 Å². The monoisotopic (exact) mass is 782 g/mol. The molecule has 1 aromatic heterocycles. The standard InChI is InChI=1S/C59H46N2/c1-39-31-40(2)33-43(32-39)46-35-44(41-15-7-5-8-16-41)34-45(36-46)42-23-25-48(26-24-42)60(47-17-9-6-10-18-47)49-27-29-51-52-30-28-50(38-56(52)59(3,4)55(51)37-49)61-57-21-13-11-19-53(57)54-20-12-14-22-58(54)61/h5-38H,1-4H3. The molecular weight excluding hydrogens is 737 g/mol. The van der Waals surface area contributed by atoms with Crippen LogP contribution in [0.3, 0.4) is 0 Å². The predicted molar refractivity (Wildman–Crippen MR) is 259 cm³/mol. The van der Waals surface area contributed by atoms with Gasteiger partial charge in [-0.1, -0.05) is 152 Å². The lowest BCUT2D eigenvalue weighted by molar-refractivity contribution is 0.660. The van der Waals surface area contributed by atoms with Crippen LogP contribution in [0.5, 0.6) is 0 Å². The maximum Gasteiger partial charge on any atom is 0.0541 e. The van der Waals surface area contributed by atoms with Gasteiger partial charge in [0.2, 0.25) is 0 Å². The Labute approximate surface area is 358 Å². The SMILES string of the molecule is Cc1cc(C)cc(-c2cc(-c3ccccc3)cc(-c3ccc(N(c4ccccc4)c4ccc5c(c4)C(C)(C)c4cc(-n6c7ccccc7c7ccccc76)ccc4-5)cc3)c2)c1. The second-order valence-corrected chi connectivity index (χ2v) is 17.2. The van der Waals surface area contributed by atoms with Crippen molar-refractivity contribution in [3.63, 3.8) is 0 Å². The highest BCUT2D eigenvalue weighted by atomic mass is 15.1. The third-order valence-corrected chi connectivity index (χ3v) is 12.8. The molecule has 1 heterocycles. The summed E-state index contributed by atoms with van der Waals surface area (Å²) < 4.78 is 2.43. The van der Waals surface area contributed by atoms with Crippen molar-refractivity contribution in [1.82, 2.24) is 4.57 Å². The van der Waals surface area contributed by atoms with E-state index in [1.807, 2.05) is 0 Å². The zero-order valence-electron chi connectivity index (χ0n) is 35.0. The van der Waals surface area contributed by atoms with Crippen molar-refractivity contribution >= 4 is 38.9 Å². The molecule has 61 heavy (non-hydrogen) atoms. The van der Waals surface area contributed by atoms with Gasteiger partial charge in [-0.25, -0.2) is 0 Å². The lowest BCUT2D eigenvalue weighted by Gasteiger charge is -2.28. The largest absolute Gasteiger partial charge is 0.310 e. The Bertz CT molecular complexity index is 3210. The van der Waals surface area contributed by atoms with Crippen LogP contribution in [0.2, 0.25) is 0 Å². The van der Waals surface area contributed by atoms with Crippen LogP contribution in [0.15, 0.2) is 206 Å². The van der Waals surface area contributed by atoms with E-state index < -0.39 is 0 Å². The van der Waals surface area contributed by atoms with Crippen molar-refractivity contribution in [1.29, 1.82) is 0 Å². The molecular formula is C59H46N2. The summed E-state index contributed by atoms with van der Waals surface area (Å²) in [6, 6.07) is 76.1. The molecule has 9 aromatic carbocycles. The number of fused-ring (bicyclic) bond motifs is 6. The van der Waals surface area contributed by atoms with Crippen molar-refractivity contribution < 1.29 is 0 Å². The first-order valence-electron chi connectivity index (χ1n) is 21.3. The van der Waals surface area contributed by atoms with Gasteiger partial charge >= 0.3 is 0 Å². The van der Waals surface area contributed by atoms with Crippen molar-refractivity contribution in [3.05, 3.63) is 229 Å². The van der Waals surface area contributed by atoms with Gasteiger partial charge in [-0.15, -0.1) is 0 Å². The maximum absolute atomic E-state index is 2.43. The zero-order chi connectivity index (χ0) is 41.2. The molecule has 292 valence electrons. The molecule has 2 heteroatoms. The van der Waals surface area contributed by atoms with Crippen LogP contribution >= 0.6 is 0 Å². The third-order valence-electron chi connectivity index (χ3n) is 12.8. The average Bonchev–Trinajstić information content (AvgIpc) is 3.74. The van der Waals surface area contributed by atoms with E-state index in [2.05, 4.69) is 243 Å². The van der Waals surface area contributed by atoms with Gasteiger partial charge in [-0.2, -0.15) is 0 Å². The van der Waals surface area contributed by atoms with Crippen LogP contribution in [-0.2, 0) is 5.41 Å². The van der Waals surface area contributed by atoms with Crippen molar-refractivity contribution in [2.24, 2.45) is 0 Å². The number of aromatic nitrogens is 1. The molecule has 1 aliphatic rings. The summed E-state index contributed by atoms with van der Waals surface area (Å²) in [6.45, 7) is 9.13. The molecule has 0 unspecified atom stereocenters. The number of anilines is 3. The predicted octanol–water partition coefficient (Wildman–Crippen LogP) is 16.2. The smallest absolute Gasteiger partial charge is 0.0541 e. The number of para-hydroxylation sites is 3. The normalized spacial score (nSPS) is 12.7. The summed E-state index contributed by atoms with van der Waals surface area (Å²) in [7, 11) is 0. The minimum absolute atomic E-state index is 0.209. The quantitative estimate of drug-likeness (QED) is 0.156. The van der Waals surface area contributed by atoms with Crippen LogP contribution in [0.1, 0.15) is 36.1 Å². The van der Waals surface area contributed by atoms with Gasteiger partial charge < -0.3 is 9.47 Å². The number of hydrogen-bond donors (Lipinski definition) is 0. The summed E-state index contributed by atoms with van der Waals surface area (Å²) in [5.74, 6) is 0. The summed E-state index contributed by atoms with van der Waals surface area (Å²) >= 11 is 0. The highest BCUT2D eigenvalue weighted by Gasteiger charge is 2.36. The van der Waals surface area contributed by atoms with Gasteiger partial charge in [-0.3, -0.25) is 0 Å². The first kappa shape index (κ1) is 36.6. The number of nitrogens with zero attached hydrogens (tertiary/aromatic N) is 2. The Morgan fingerprint density at radius 3 is 1.44 bits per heavy atom. The van der Waals surface area contributed by atoms with Crippen LogP contribution < -0.4 is 4.90 Å². The fraction of sp³-hybridized carbons (Fsp3) is 0.0847. The number of hydrogen-bond acceptors (Lipinski definition) is 1. The van der Waals surface area contributed by atoms with E-state index in [4.69, 9.17) is 0 Å². The molecule has 0 radical (unpaired) electrons. The fourth-order valence-electron chi connectivity index (χ4n) is 9.92. The first-order valence-corrected chi connectivity index (χ1v) is 21.3. The average molecular weight is 783 g/mol. The Morgan fingerprint density at radius 2 is 0.820 bits per heavy atom. The van der Waals surface area contributed by atoms with Crippen LogP contribution in [0, 0.1) is 13.8 Å². The fourth-order valence-corrected chi connectivity index (χ4v) is 9.92. The van der Waals surface area contributed by atoms with Crippen LogP contribution in [-0.4, -0.2) is 4.57 Å². The molecule has 0 spiro atoms. The zero-order valence-corrected chi connectivity index (χ0v) is 35.0. The highest BCUT2D eigenvalue weighted by Crippen LogP contribution is 2.51. The Kier molecular flexibility index (Phi) is 8.65. The summed E-state index contributed by atoms with van der Waals surface area (Å²) in [5.41, 5.74) is 22.0.